The van der Waals surface area contributed by atoms with E-state index in [2.05, 4.69) is 59.8 Å². The summed E-state index contributed by atoms with van der Waals surface area (Å²) in [5.74, 6) is 1.03. The Balaban J connectivity index is 1.73. The van der Waals surface area contributed by atoms with E-state index in [0.717, 1.165) is 32.7 Å². The highest BCUT2D eigenvalue weighted by Crippen LogP contribution is 2.21. The molecule has 24 heavy (non-hydrogen) atoms. The van der Waals surface area contributed by atoms with Crippen molar-refractivity contribution in [2.24, 2.45) is 5.92 Å². The second kappa shape index (κ2) is 7.07. The summed E-state index contributed by atoms with van der Waals surface area (Å²) in [7, 11) is 0. The molecule has 1 aliphatic heterocycles. The van der Waals surface area contributed by atoms with Crippen LogP contribution in [0, 0.1) is 12.8 Å². The standard InChI is InChI=1S/C19H26N4O/c1-15(2)14-23-9-8-20-18(19(23)24)22-12-10-21(11-13-22)17-7-5-4-6-16(17)3/h4-9,15H,10-14H2,1-3H3. The minimum Gasteiger partial charge on any atom is -0.368 e. The quantitative estimate of drug-likeness (QED) is 0.866. The fraction of sp³-hybridized carbons (Fsp3) is 0.474. The van der Waals surface area contributed by atoms with Gasteiger partial charge in [-0.05, 0) is 24.5 Å². The SMILES string of the molecule is Cc1ccccc1N1CCN(c2nccn(CC(C)C)c2=O)CC1. The third-order valence-corrected chi connectivity index (χ3v) is 4.49. The predicted molar refractivity (Wildman–Crippen MR) is 98.9 cm³/mol. The summed E-state index contributed by atoms with van der Waals surface area (Å²) in [6.45, 7) is 10.6. The minimum atomic E-state index is 0.0236. The Morgan fingerprint density at radius 3 is 2.42 bits per heavy atom. The second-order valence-corrected chi connectivity index (χ2v) is 6.86. The first-order valence-electron chi connectivity index (χ1n) is 8.67. The molecule has 1 saturated heterocycles. The van der Waals surface area contributed by atoms with Crippen molar-refractivity contribution in [2.45, 2.75) is 27.3 Å². The van der Waals surface area contributed by atoms with Gasteiger partial charge < -0.3 is 14.4 Å². The van der Waals surface area contributed by atoms with Gasteiger partial charge in [0, 0.05) is 50.8 Å². The smallest absolute Gasteiger partial charge is 0.293 e. The summed E-state index contributed by atoms with van der Waals surface area (Å²) >= 11 is 0. The van der Waals surface area contributed by atoms with Gasteiger partial charge in [-0.25, -0.2) is 4.98 Å². The highest BCUT2D eigenvalue weighted by atomic mass is 16.1. The van der Waals surface area contributed by atoms with Crippen LogP contribution in [0.25, 0.3) is 0 Å². The van der Waals surface area contributed by atoms with Crippen LogP contribution in [-0.2, 0) is 6.54 Å². The maximum absolute atomic E-state index is 12.7. The van der Waals surface area contributed by atoms with E-state index in [1.807, 2.05) is 0 Å². The van der Waals surface area contributed by atoms with Crippen LogP contribution in [-0.4, -0.2) is 35.7 Å². The normalized spacial score (nSPS) is 15.2. The Morgan fingerprint density at radius 1 is 1.08 bits per heavy atom. The molecule has 1 aromatic heterocycles. The summed E-state index contributed by atoms with van der Waals surface area (Å²) in [4.78, 5) is 21.5. The fourth-order valence-electron chi connectivity index (χ4n) is 3.27. The molecule has 1 aliphatic rings. The van der Waals surface area contributed by atoms with Crippen molar-refractivity contribution in [3.05, 3.63) is 52.6 Å². The number of anilines is 2. The van der Waals surface area contributed by atoms with Crippen molar-refractivity contribution < 1.29 is 0 Å². The zero-order valence-corrected chi connectivity index (χ0v) is 14.8. The van der Waals surface area contributed by atoms with E-state index in [-0.39, 0.29) is 5.56 Å². The maximum Gasteiger partial charge on any atom is 0.293 e. The number of nitrogens with zero attached hydrogens (tertiary/aromatic N) is 4. The molecule has 0 atom stereocenters. The number of rotatable bonds is 4. The Morgan fingerprint density at radius 2 is 1.75 bits per heavy atom. The third-order valence-electron chi connectivity index (χ3n) is 4.49. The largest absolute Gasteiger partial charge is 0.368 e. The van der Waals surface area contributed by atoms with Gasteiger partial charge in [0.05, 0.1) is 0 Å². The Bertz CT molecular complexity index is 745. The van der Waals surface area contributed by atoms with E-state index in [1.165, 1.54) is 11.3 Å². The van der Waals surface area contributed by atoms with Crippen LogP contribution in [0.5, 0.6) is 0 Å². The molecule has 0 unspecified atom stereocenters. The fourth-order valence-corrected chi connectivity index (χ4v) is 3.27. The molecule has 0 radical (unpaired) electrons. The summed E-state index contributed by atoms with van der Waals surface area (Å²) in [5, 5.41) is 0. The number of para-hydroxylation sites is 1. The highest BCUT2D eigenvalue weighted by molar-refractivity contribution is 5.54. The van der Waals surface area contributed by atoms with Crippen LogP contribution in [0.2, 0.25) is 0 Å². The molecule has 0 aliphatic carbocycles. The second-order valence-electron chi connectivity index (χ2n) is 6.86. The number of aryl methyl sites for hydroxylation is 1. The van der Waals surface area contributed by atoms with Crippen molar-refractivity contribution in [3.8, 4) is 0 Å². The molecule has 128 valence electrons. The van der Waals surface area contributed by atoms with E-state index in [9.17, 15) is 4.79 Å². The van der Waals surface area contributed by atoms with Gasteiger partial charge in [-0.15, -0.1) is 0 Å². The molecular formula is C19H26N4O. The third kappa shape index (κ3) is 3.45. The number of piperazine rings is 1. The molecule has 0 N–H and O–H groups in total. The van der Waals surface area contributed by atoms with Gasteiger partial charge in [-0.2, -0.15) is 0 Å². The molecule has 0 bridgehead atoms. The molecular weight excluding hydrogens is 300 g/mol. The molecule has 3 rings (SSSR count). The lowest BCUT2D eigenvalue weighted by Gasteiger charge is -2.37. The van der Waals surface area contributed by atoms with Crippen molar-refractivity contribution in [1.29, 1.82) is 0 Å². The molecule has 2 aromatic rings. The lowest BCUT2D eigenvalue weighted by atomic mass is 10.1. The lowest BCUT2D eigenvalue weighted by Crippen LogP contribution is -2.49. The van der Waals surface area contributed by atoms with Crippen LogP contribution < -0.4 is 15.4 Å². The highest BCUT2D eigenvalue weighted by Gasteiger charge is 2.21. The van der Waals surface area contributed by atoms with Gasteiger partial charge in [0.2, 0.25) is 0 Å². The molecule has 2 heterocycles. The van der Waals surface area contributed by atoms with E-state index in [0.29, 0.717) is 11.7 Å². The van der Waals surface area contributed by atoms with Crippen LogP contribution in [0.3, 0.4) is 0 Å². The lowest BCUT2D eigenvalue weighted by molar-refractivity contribution is 0.507. The van der Waals surface area contributed by atoms with E-state index < -0.39 is 0 Å². The Kier molecular flexibility index (Phi) is 4.88. The topological polar surface area (TPSA) is 41.4 Å². The molecule has 0 saturated carbocycles. The van der Waals surface area contributed by atoms with Gasteiger partial charge >= 0.3 is 0 Å². The first-order valence-corrected chi connectivity index (χ1v) is 8.67. The first kappa shape index (κ1) is 16.6. The van der Waals surface area contributed by atoms with Gasteiger partial charge in [-0.1, -0.05) is 32.0 Å². The number of aromatic nitrogens is 2. The van der Waals surface area contributed by atoms with Crippen molar-refractivity contribution in [3.63, 3.8) is 0 Å². The molecule has 5 nitrogen and oxygen atoms in total. The summed E-state index contributed by atoms with van der Waals surface area (Å²) < 4.78 is 1.78. The first-order chi connectivity index (χ1) is 11.6. The summed E-state index contributed by atoms with van der Waals surface area (Å²) in [5.41, 5.74) is 2.61. The van der Waals surface area contributed by atoms with E-state index >= 15 is 0 Å². The number of benzene rings is 1. The predicted octanol–water partition coefficient (Wildman–Crippen LogP) is 2.53. The van der Waals surface area contributed by atoms with E-state index in [1.54, 1.807) is 17.0 Å². The molecule has 5 heteroatoms. The summed E-state index contributed by atoms with van der Waals surface area (Å²) in [6.07, 6.45) is 3.53. The molecule has 1 aromatic carbocycles. The van der Waals surface area contributed by atoms with Crippen LogP contribution >= 0.6 is 0 Å². The molecule has 0 spiro atoms. The van der Waals surface area contributed by atoms with Gasteiger partial charge in [0.25, 0.3) is 5.56 Å². The number of hydrogen-bond donors (Lipinski definition) is 0. The Hall–Kier alpha value is -2.30. The monoisotopic (exact) mass is 326 g/mol. The van der Waals surface area contributed by atoms with Gasteiger partial charge in [0.1, 0.15) is 0 Å². The average Bonchev–Trinajstić information content (AvgIpc) is 2.57. The van der Waals surface area contributed by atoms with Crippen LogP contribution in [0.4, 0.5) is 11.5 Å². The van der Waals surface area contributed by atoms with Crippen molar-refractivity contribution >= 4 is 11.5 Å². The molecule has 1 fully saturated rings. The minimum absolute atomic E-state index is 0.0236. The van der Waals surface area contributed by atoms with Gasteiger partial charge in [0.15, 0.2) is 5.82 Å². The molecule has 0 amide bonds. The van der Waals surface area contributed by atoms with Crippen LogP contribution in [0.15, 0.2) is 41.5 Å². The zero-order valence-electron chi connectivity index (χ0n) is 14.8. The summed E-state index contributed by atoms with van der Waals surface area (Å²) in [6, 6.07) is 8.46. The van der Waals surface area contributed by atoms with Crippen molar-refractivity contribution in [1.82, 2.24) is 9.55 Å². The zero-order chi connectivity index (χ0) is 17.1. The number of hydrogen-bond acceptors (Lipinski definition) is 4. The van der Waals surface area contributed by atoms with Crippen LogP contribution in [0.1, 0.15) is 19.4 Å². The van der Waals surface area contributed by atoms with Gasteiger partial charge in [-0.3, -0.25) is 4.79 Å². The van der Waals surface area contributed by atoms with E-state index in [4.69, 9.17) is 0 Å². The Labute approximate surface area is 143 Å². The maximum atomic E-state index is 12.7. The average molecular weight is 326 g/mol. The van der Waals surface area contributed by atoms with Crippen molar-refractivity contribution in [2.75, 3.05) is 36.0 Å².